The summed E-state index contributed by atoms with van der Waals surface area (Å²) in [4.78, 5) is 25.5. The monoisotopic (exact) mass is 408 g/mol. The van der Waals surface area contributed by atoms with E-state index >= 15 is 0 Å². The van der Waals surface area contributed by atoms with Crippen LogP contribution in [0.4, 0.5) is 0 Å². The lowest BCUT2D eigenvalue weighted by molar-refractivity contribution is -0.120. The van der Waals surface area contributed by atoms with Gasteiger partial charge in [-0.1, -0.05) is 6.07 Å². The molecule has 1 N–H and O–H groups in total. The summed E-state index contributed by atoms with van der Waals surface area (Å²) in [7, 11) is 3.09. The Hall–Kier alpha value is -3.28. The lowest BCUT2D eigenvalue weighted by Gasteiger charge is -2.14. The summed E-state index contributed by atoms with van der Waals surface area (Å²) in [5.74, 6) is 1.62. The zero-order valence-electron chi connectivity index (χ0n) is 17.3. The van der Waals surface area contributed by atoms with Crippen LogP contribution in [0.15, 0.2) is 39.5 Å². The fourth-order valence-corrected chi connectivity index (χ4v) is 4.28. The number of phenols is 1. The molecule has 0 amide bonds. The van der Waals surface area contributed by atoms with Crippen LogP contribution in [-0.4, -0.2) is 25.1 Å². The molecule has 1 fully saturated rings. The Balaban J connectivity index is 1.88. The highest BCUT2D eigenvalue weighted by molar-refractivity contribution is 5.88. The van der Waals surface area contributed by atoms with E-state index in [-0.39, 0.29) is 22.9 Å². The Morgan fingerprint density at radius 1 is 1.10 bits per heavy atom. The van der Waals surface area contributed by atoms with Crippen molar-refractivity contribution in [3.05, 3.63) is 51.9 Å². The molecule has 0 saturated heterocycles. The molecule has 4 rings (SSSR count). The third-order valence-electron chi connectivity index (χ3n) is 5.87. The fraction of sp³-hybridized carbons (Fsp3) is 0.333. The predicted octanol–water partition coefficient (Wildman–Crippen LogP) is 4.40. The van der Waals surface area contributed by atoms with E-state index in [4.69, 9.17) is 13.9 Å². The highest BCUT2D eigenvalue weighted by Crippen LogP contribution is 2.36. The molecule has 156 valence electrons. The Morgan fingerprint density at radius 3 is 2.53 bits per heavy atom. The van der Waals surface area contributed by atoms with Gasteiger partial charge >= 0.3 is 0 Å². The van der Waals surface area contributed by atoms with Gasteiger partial charge in [0.15, 0.2) is 11.5 Å². The van der Waals surface area contributed by atoms with Crippen LogP contribution in [-0.2, 0) is 11.2 Å². The number of Topliss-reactive ketones (excluding diaryl/α,β-unsaturated/α-hetero) is 1. The van der Waals surface area contributed by atoms with Crippen LogP contribution in [0.2, 0.25) is 0 Å². The number of fused-ring (bicyclic) bond motifs is 1. The number of carbonyl (C=O) groups is 1. The van der Waals surface area contributed by atoms with Crippen molar-refractivity contribution < 1.29 is 23.8 Å². The van der Waals surface area contributed by atoms with Crippen LogP contribution >= 0.6 is 0 Å². The van der Waals surface area contributed by atoms with E-state index in [9.17, 15) is 14.7 Å². The zero-order valence-corrected chi connectivity index (χ0v) is 17.3. The van der Waals surface area contributed by atoms with Crippen LogP contribution in [0.1, 0.15) is 30.6 Å². The molecule has 2 aromatic carbocycles. The highest BCUT2D eigenvalue weighted by atomic mass is 16.5. The van der Waals surface area contributed by atoms with E-state index in [0.29, 0.717) is 57.8 Å². The van der Waals surface area contributed by atoms with Gasteiger partial charge in [0.25, 0.3) is 0 Å². The number of rotatable bonds is 5. The van der Waals surface area contributed by atoms with Crippen molar-refractivity contribution in [2.24, 2.45) is 5.92 Å². The van der Waals surface area contributed by atoms with Gasteiger partial charge < -0.3 is 19.0 Å². The molecule has 0 spiro atoms. The normalized spacial score (nSPS) is 16.2. The number of aryl methyl sites for hydroxylation is 1. The van der Waals surface area contributed by atoms with Gasteiger partial charge in [-0.3, -0.25) is 9.59 Å². The number of carbonyl (C=O) groups excluding carboxylic acids is 1. The minimum Gasteiger partial charge on any atom is -0.508 e. The molecule has 6 nitrogen and oxygen atoms in total. The molecular formula is C24H24O6. The third-order valence-corrected chi connectivity index (χ3v) is 5.87. The van der Waals surface area contributed by atoms with Gasteiger partial charge in [0, 0.05) is 17.9 Å². The fourth-order valence-electron chi connectivity index (χ4n) is 4.28. The summed E-state index contributed by atoms with van der Waals surface area (Å²) in [5.41, 5.74) is 1.76. The molecule has 0 bridgehead atoms. The molecule has 1 aliphatic carbocycles. The number of ether oxygens (including phenoxy) is 2. The molecule has 0 radical (unpaired) electrons. The van der Waals surface area contributed by atoms with Crippen LogP contribution in [0, 0.1) is 12.8 Å². The summed E-state index contributed by atoms with van der Waals surface area (Å²) < 4.78 is 16.7. The SMILES string of the molecule is COc1ccc(-c2c(C)oc3c(CC4CCCC4=O)c(O)ccc3c2=O)cc1OC. The first-order valence-electron chi connectivity index (χ1n) is 9.98. The van der Waals surface area contributed by atoms with Crippen molar-refractivity contribution in [1.82, 2.24) is 0 Å². The van der Waals surface area contributed by atoms with Gasteiger partial charge in [0.1, 0.15) is 22.9 Å². The molecule has 1 unspecified atom stereocenters. The second-order valence-corrected chi connectivity index (χ2v) is 7.63. The van der Waals surface area contributed by atoms with Gasteiger partial charge in [0.05, 0.1) is 25.2 Å². The standard InChI is InChI=1S/C24H24O6/c1-13-22(15-7-10-20(28-2)21(12-15)29-3)23(27)16-8-9-19(26)17(24(16)30-13)11-14-5-4-6-18(14)25/h7-10,12,14,26H,4-6,11H2,1-3H3. The van der Waals surface area contributed by atoms with Crippen molar-refractivity contribution in [2.75, 3.05) is 14.2 Å². The van der Waals surface area contributed by atoms with Gasteiger partial charge in [-0.05, 0) is 56.0 Å². The predicted molar refractivity (Wildman–Crippen MR) is 113 cm³/mol. The minimum absolute atomic E-state index is 0.0450. The number of phenolic OH excluding ortho intramolecular Hbond substituents is 1. The first-order valence-corrected chi connectivity index (χ1v) is 9.98. The Labute approximate surface area is 174 Å². The molecule has 1 saturated carbocycles. The van der Waals surface area contributed by atoms with Gasteiger partial charge in [-0.25, -0.2) is 0 Å². The van der Waals surface area contributed by atoms with Crippen molar-refractivity contribution >= 4 is 16.8 Å². The Kier molecular flexibility index (Phi) is 5.24. The maximum atomic E-state index is 13.4. The van der Waals surface area contributed by atoms with E-state index < -0.39 is 0 Å². The topological polar surface area (TPSA) is 86.0 Å². The van der Waals surface area contributed by atoms with Gasteiger partial charge in [-0.15, -0.1) is 0 Å². The molecular weight excluding hydrogens is 384 g/mol. The van der Waals surface area contributed by atoms with Crippen molar-refractivity contribution in [2.45, 2.75) is 32.6 Å². The van der Waals surface area contributed by atoms with Gasteiger partial charge in [-0.2, -0.15) is 0 Å². The van der Waals surface area contributed by atoms with E-state index in [2.05, 4.69) is 0 Å². The molecule has 3 aromatic rings. The number of ketones is 1. The summed E-state index contributed by atoms with van der Waals surface area (Å²) in [5, 5.41) is 10.8. The van der Waals surface area contributed by atoms with Crippen LogP contribution < -0.4 is 14.9 Å². The van der Waals surface area contributed by atoms with Crippen LogP contribution in [0.3, 0.4) is 0 Å². The van der Waals surface area contributed by atoms with Crippen LogP contribution in [0.5, 0.6) is 17.2 Å². The second-order valence-electron chi connectivity index (χ2n) is 7.63. The van der Waals surface area contributed by atoms with Crippen molar-refractivity contribution in [3.63, 3.8) is 0 Å². The minimum atomic E-state index is -0.194. The molecule has 1 heterocycles. The Morgan fingerprint density at radius 2 is 1.87 bits per heavy atom. The number of hydrogen-bond donors (Lipinski definition) is 1. The molecule has 30 heavy (non-hydrogen) atoms. The van der Waals surface area contributed by atoms with E-state index in [1.807, 2.05) is 0 Å². The van der Waals surface area contributed by atoms with E-state index in [1.165, 1.54) is 13.2 Å². The number of hydrogen-bond acceptors (Lipinski definition) is 6. The summed E-state index contributed by atoms with van der Waals surface area (Å²) in [6, 6.07) is 8.33. The molecule has 0 aliphatic heterocycles. The molecule has 1 atom stereocenters. The van der Waals surface area contributed by atoms with Gasteiger partial charge in [0.2, 0.25) is 5.43 Å². The van der Waals surface area contributed by atoms with E-state index in [1.54, 1.807) is 38.3 Å². The summed E-state index contributed by atoms with van der Waals surface area (Å²) in [6.07, 6.45) is 2.60. The number of aromatic hydroxyl groups is 1. The average Bonchev–Trinajstić information content (AvgIpc) is 3.14. The average molecular weight is 408 g/mol. The van der Waals surface area contributed by atoms with Crippen LogP contribution in [0.25, 0.3) is 22.1 Å². The summed E-state index contributed by atoms with van der Waals surface area (Å²) in [6.45, 7) is 1.72. The largest absolute Gasteiger partial charge is 0.508 e. The first kappa shape index (κ1) is 20.0. The highest BCUT2D eigenvalue weighted by Gasteiger charge is 2.27. The zero-order chi connectivity index (χ0) is 21.4. The van der Waals surface area contributed by atoms with Crippen molar-refractivity contribution in [1.29, 1.82) is 0 Å². The molecule has 6 heteroatoms. The lowest BCUT2D eigenvalue weighted by atomic mass is 9.94. The molecule has 1 aliphatic rings. The number of benzene rings is 2. The number of methoxy groups -OCH3 is 2. The molecule has 1 aromatic heterocycles. The Bertz CT molecular complexity index is 1190. The second kappa shape index (κ2) is 7.86. The first-order chi connectivity index (χ1) is 14.4. The quantitative estimate of drug-likeness (QED) is 0.673. The van der Waals surface area contributed by atoms with Crippen molar-refractivity contribution in [3.8, 4) is 28.4 Å². The third kappa shape index (κ3) is 3.32. The van der Waals surface area contributed by atoms with E-state index in [0.717, 1.165) is 12.8 Å². The maximum absolute atomic E-state index is 13.4. The summed E-state index contributed by atoms with van der Waals surface area (Å²) >= 11 is 0. The smallest absolute Gasteiger partial charge is 0.200 e. The lowest BCUT2D eigenvalue weighted by Crippen LogP contribution is -2.12. The maximum Gasteiger partial charge on any atom is 0.200 e.